The lowest BCUT2D eigenvalue weighted by Crippen LogP contribution is -1.91. The fraction of sp³-hybridized carbons (Fsp3) is 0. The third-order valence-electron chi connectivity index (χ3n) is 17.9. The first-order valence-electron chi connectivity index (χ1n) is 29.8. The Bertz CT molecular complexity index is 4710. The van der Waals surface area contributed by atoms with Crippen molar-refractivity contribution in [1.29, 1.82) is 0 Å². The molecule has 0 fully saturated rings. The zero-order valence-electron chi connectivity index (χ0n) is 48.0. The molecular weight excluding hydrogens is 1490 g/mol. The van der Waals surface area contributed by atoms with Crippen molar-refractivity contribution in [3.8, 4) is 33.4 Å². The summed E-state index contributed by atoms with van der Waals surface area (Å²) in [5.74, 6) is 0. The van der Waals surface area contributed by atoms with Crippen molar-refractivity contribution >= 4 is 225 Å². The summed E-state index contributed by atoms with van der Waals surface area (Å²) in [6.45, 7) is 0. The smallest absolute Gasteiger partial charge is 0.0332 e. The summed E-state index contributed by atoms with van der Waals surface area (Å²) in [4.78, 5) is 0. The van der Waals surface area contributed by atoms with Crippen molar-refractivity contribution in [3.63, 3.8) is 0 Å². The molecule has 0 aromatic heterocycles. The molecule has 0 aliphatic rings. The largest absolute Gasteiger partial charge is 0.0616 e. The van der Waals surface area contributed by atoms with E-state index in [-0.39, 0.29) is 0 Å². The van der Waals surface area contributed by atoms with E-state index in [0.717, 1.165) is 26.8 Å². The Kier molecular flexibility index (Phi) is 15.0. The summed E-state index contributed by atoms with van der Waals surface area (Å²) in [6.07, 6.45) is 0. The minimum absolute atomic E-state index is 1.16. The van der Waals surface area contributed by atoms with Crippen molar-refractivity contribution in [1.82, 2.24) is 0 Å². The van der Waals surface area contributed by atoms with Crippen LogP contribution in [0.25, 0.3) is 163 Å². The van der Waals surface area contributed by atoms with Crippen LogP contribution in [0.2, 0.25) is 0 Å². The van der Waals surface area contributed by atoms with Gasteiger partial charge in [-0.25, -0.2) is 0 Å². The van der Waals surface area contributed by atoms with E-state index in [1.807, 2.05) is 0 Å². The van der Waals surface area contributed by atoms with Gasteiger partial charge in [0, 0.05) is 26.8 Å². The zero-order chi connectivity index (χ0) is 60.7. The molecule has 0 saturated heterocycles. The van der Waals surface area contributed by atoms with Gasteiger partial charge in [-0.2, -0.15) is 0 Å². The van der Waals surface area contributed by atoms with E-state index in [1.54, 1.807) is 0 Å². The van der Waals surface area contributed by atoms with Crippen molar-refractivity contribution in [3.05, 3.63) is 318 Å². The molecule has 0 aliphatic heterocycles. The highest BCUT2D eigenvalue weighted by atomic mass is 79.9. The third-order valence-corrected chi connectivity index (χ3v) is 23.1. The molecule has 0 N–H and O–H groups in total. The molecule has 0 nitrogen and oxygen atoms in total. The van der Waals surface area contributed by atoms with E-state index in [0.29, 0.717) is 0 Å². The van der Waals surface area contributed by atoms with Gasteiger partial charge in [0.1, 0.15) is 0 Å². The summed E-state index contributed by atoms with van der Waals surface area (Å²) in [7, 11) is 0. The second-order valence-electron chi connectivity index (χ2n) is 22.7. The highest BCUT2D eigenvalue weighted by molar-refractivity contribution is 9.11. The molecule has 90 heavy (non-hydrogen) atoms. The fourth-order valence-electron chi connectivity index (χ4n) is 14.1. The van der Waals surface area contributed by atoms with Gasteiger partial charge in [-0.15, -0.1) is 0 Å². The average Bonchev–Trinajstić information content (AvgIpc) is 1.21. The van der Waals surface area contributed by atoms with Crippen LogP contribution in [-0.2, 0) is 0 Å². The highest BCUT2D eigenvalue weighted by Gasteiger charge is 2.24. The molecule has 0 aliphatic carbocycles. The quantitative estimate of drug-likeness (QED) is 0.155. The predicted molar refractivity (Wildman–Crippen MR) is 412 cm³/mol. The lowest BCUT2D eigenvalue weighted by Gasteiger charge is -2.19. The summed E-state index contributed by atoms with van der Waals surface area (Å²) in [6, 6.07) is 104. The molecule has 0 saturated carbocycles. The Labute approximate surface area is 570 Å². The van der Waals surface area contributed by atoms with E-state index < -0.39 is 0 Å². The van der Waals surface area contributed by atoms with Gasteiger partial charge < -0.3 is 0 Å². The van der Waals surface area contributed by atoms with Gasteiger partial charge in [-0.05, 0) is 258 Å². The van der Waals surface area contributed by atoms with E-state index in [2.05, 4.69) is 387 Å². The molecule has 0 amide bonds. The number of rotatable bonds is 3. The maximum atomic E-state index is 3.89. The Morgan fingerprint density at radius 2 is 0.167 bits per heavy atom. The van der Waals surface area contributed by atoms with Gasteiger partial charge in [0.25, 0.3) is 0 Å². The Morgan fingerprint density at radius 3 is 0.244 bits per heavy atom. The monoisotopic (exact) mass is 1530 g/mol. The molecular formula is C84H48Br6. The summed E-state index contributed by atoms with van der Waals surface area (Å²) in [5, 5.41) is 30.0. The number of fused-ring (bicyclic) bond motifs is 12. The number of benzene rings is 18. The van der Waals surface area contributed by atoms with Crippen molar-refractivity contribution in [2.24, 2.45) is 0 Å². The molecule has 18 aromatic carbocycles. The molecule has 0 unspecified atom stereocenters. The van der Waals surface area contributed by atoms with E-state index in [4.69, 9.17) is 0 Å². The SMILES string of the molecule is Brc1c2ccccc2c(-c2c3ccccc3c(Br)c3ccccc23)c2ccccc12.Brc1c2ccccc2c(-c2c3ccccc3c(Br)c3ccccc23)c2ccccc12.Brc1c2ccccc2c(-c2c3ccccc3c(Br)c3ccccc23)c2ccccc12. The fourth-order valence-corrected chi connectivity index (χ4v) is 18.2. The van der Waals surface area contributed by atoms with Crippen LogP contribution < -0.4 is 0 Å². The van der Waals surface area contributed by atoms with E-state index >= 15 is 0 Å². The predicted octanol–water partition coefficient (Wildman–Crippen LogP) is 28.5. The molecule has 0 bridgehead atoms. The number of halogens is 6. The van der Waals surface area contributed by atoms with Crippen molar-refractivity contribution < 1.29 is 0 Å². The van der Waals surface area contributed by atoms with Gasteiger partial charge in [0.2, 0.25) is 0 Å². The minimum atomic E-state index is 1.16. The molecule has 0 radical (unpaired) electrons. The lowest BCUT2D eigenvalue weighted by atomic mass is 9.86. The maximum Gasteiger partial charge on any atom is 0.0332 e. The second-order valence-corrected chi connectivity index (χ2v) is 27.4. The first-order chi connectivity index (χ1) is 44.3. The molecule has 18 aromatic rings. The van der Waals surface area contributed by atoms with Crippen LogP contribution in [0.4, 0.5) is 0 Å². The Balaban J connectivity index is 0.000000108. The standard InChI is InChI=1S/3C28H16Br2/c3*29-27-21-13-5-1-9-17(21)25(18-10-2-6-14-22(18)27)26-19-11-3-7-15-23(19)28(30)24-16-8-4-12-20(24)26/h3*1-16H. The summed E-state index contributed by atoms with van der Waals surface area (Å²) in [5.41, 5.74) is 7.77. The number of hydrogen-bond acceptors (Lipinski definition) is 0. The van der Waals surface area contributed by atoms with Gasteiger partial charge in [0.15, 0.2) is 0 Å². The zero-order valence-corrected chi connectivity index (χ0v) is 57.5. The first-order valence-corrected chi connectivity index (χ1v) is 34.6. The van der Waals surface area contributed by atoms with Gasteiger partial charge in [-0.1, -0.05) is 291 Å². The summed E-state index contributed by atoms with van der Waals surface area (Å²) >= 11 is 23.4. The first kappa shape index (κ1) is 57.1. The van der Waals surface area contributed by atoms with Crippen LogP contribution in [0.1, 0.15) is 0 Å². The maximum absolute atomic E-state index is 3.89. The highest BCUT2D eigenvalue weighted by Crippen LogP contribution is 2.52. The Morgan fingerprint density at radius 1 is 0.100 bits per heavy atom. The third kappa shape index (κ3) is 9.27. The van der Waals surface area contributed by atoms with Gasteiger partial charge >= 0.3 is 0 Å². The van der Waals surface area contributed by atoms with Crippen molar-refractivity contribution in [2.45, 2.75) is 0 Å². The van der Waals surface area contributed by atoms with Crippen LogP contribution in [0.15, 0.2) is 318 Å². The van der Waals surface area contributed by atoms with Crippen LogP contribution in [0.5, 0.6) is 0 Å². The number of hydrogen-bond donors (Lipinski definition) is 0. The molecule has 18 rings (SSSR count). The van der Waals surface area contributed by atoms with Gasteiger partial charge in [-0.3, -0.25) is 0 Å². The molecule has 0 heterocycles. The second kappa shape index (κ2) is 23.6. The molecule has 0 spiro atoms. The normalized spacial score (nSPS) is 11.7. The van der Waals surface area contributed by atoms with Crippen LogP contribution in [0, 0.1) is 0 Å². The van der Waals surface area contributed by atoms with Crippen LogP contribution >= 0.6 is 95.6 Å². The van der Waals surface area contributed by atoms with E-state index in [1.165, 1.54) is 163 Å². The Hall–Kier alpha value is -8.04. The topological polar surface area (TPSA) is 0 Å². The van der Waals surface area contributed by atoms with Crippen LogP contribution in [-0.4, -0.2) is 0 Å². The van der Waals surface area contributed by atoms with E-state index in [9.17, 15) is 0 Å². The average molecular weight is 1540 g/mol. The lowest BCUT2D eigenvalue weighted by molar-refractivity contribution is 1.70. The van der Waals surface area contributed by atoms with Gasteiger partial charge in [0.05, 0.1) is 0 Å². The van der Waals surface area contributed by atoms with Crippen LogP contribution in [0.3, 0.4) is 0 Å². The molecule has 0 atom stereocenters. The molecule has 6 heteroatoms. The minimum Gasteiger partial charge on any atom is -0.0616 e. The molecule has 426 valence electrons. The van der Waals surface area contributed by atoms with Crippen molar-refractivity contribution in [2.75, 3.05) is 0 Å². The summed E-state index contributed by atoms with van der Waals surface area (Å²) < 4.78 is 6.93.